The maximum atomic E-state index is 11.2. The van der Waals surface area contributed by atoms with Crippen molar-refractivity contribution in [2.24, 2.45) is 0 Å². The highest BCUT2D eigenvalue weighted by atomic mass is 16.3. The summed E-state index contributed by atoms with van der Waals surface area (Å²) in [5.41, 5.74) is 5.38. The summed E-state index contributed by atoms with van der Waals surface area (Å²) < 4.78 is 0. The van der Waals surface area contributed by atoms with Crippen LogP contribution in [0, 0.1) is 0 Å². The Kier molecular flexibility index (Phi) is 4.62. The minimum Gasteiger partial charge on any atom is -0.381 e. The fourth-order valence-corrected chi connectivity index (χ4v) is 3.40. The second kappa shape index (κ2) is 7.22. The van der Waals surface area contributed by atoms with E-state index in [0.29, 0.717) is 0 Å². The van der Waals surface area contributed by atoms with E-state index in [9.17, 15) is 5.11 Å². The average Bonchev–Trinajstić information content (AvgIpc) is 2.75. The number of aliphatic hydroxyl groups is 1. The fourth-order valence-electron chi connectivity index (χ4n) is 3.40. The van der Waals surface area contributed by atoms with Gasteiger partial charge >= 0.3 is 0 Å². The van der Waals surface area contributed by atoms with Crippen LogP contribution in [0.4, 0.5) is 0 Å². The second-order valence-electron chi connectivity index (χ2n) is 6.96. The predicted octanol–water partition coefficient (Wildman–Crippen LogP) is 6.28. The molecule has 0 fully saturated rings. The average molecular weight is 350 g/mol. The molecule has 4 rings (SSSR count). The molecule has 0 bridgehead atoms. The van der Waals surface area contributed by atoms with E-state index in [1.807, 2.05) is 67.6 Å². The Balaban J connectivity index is 1.61. The van der Waals surface area contributed by atoms with Crippen LogP contribution < -0.4 is 0 Å². The van der Waals surface area contributed by atoms with Crippen LogP contribution in [0.5, 0.6) is 0 Å². The molecule has 1 N–H and O–H groups in total. The first-order valence-electron chi connectivity index (χ1n) is 9.19. The Hall–Kier alpha value is -3.16. The van der Waals surface area contributed by atoms with Crippen molar-refractivity contribution < 1.29 is 5.11 Å². The summed E-state index contributed by atoms with van der Waals surface area (Å²) in [4.78, 5) is 0. The molecular formula is C26H22O. The van der Waals surface area contributed by atoms with E-state index in [2.05, 4.69) is 48.5 Å². The first kappa shape index (κ1) is 17.3. The van der Waals surface area contributed by atoms with Gasteiger partial charge in [-0.2, -0.15) is 0 Å². The van der Waals surface area contributed by atoms with Crippen LogP contribution in [0.25, 0.3) is 22.3 Å². The lowest BCUT2D eigenvalue weighted by molar-refractivity contribution is 0.102. The van der Waals surface area contributed by atoms with E-state index in [0.717, 1.165) is 22.3 Å². The van der Waals surface area contributed by atoms with Crippen molar-refractivity contribution in [2.75, 3.05) is 0 Å². The van der Waals surface area contributed by atoms with Gasteiger partial charge < -0.3 is 5.11 Å². The molecule has 132 valence electrons. The quantitative estimate of drug-likeness (QED) is 0.459. The second-order valence-corrected chi connectivity index (χ2v) is 6.96. The van der Waals surface area contributed by atoms with Gasteiger partial charge in [-0.1, -0.05) is 109 Å². The zero-order chi connectivity index (χ0) is 18.7. The molecule has 1 heteroatoms. The summed E-state index contributed by atoms with van der Waals surface area (Å²) in [6, 6.07) is 36.8. The zero-order valence-electron chi connectivity index (χ0n) is 15.3. The Morgan fingerprint density at radius 3 is 1.07 bits per heavy atom. The maximum absolute atomic E-state index is 11.2. The Morgan fingerprint density at radius 2 is 0.741 bits per heavy atom. The largest absolute Gasteiger partial charge is 0.381 e. The Morgan fingerprint density at radius 1 is 0.444 bits per heavy atom. The summed E-state index contributed by atoms with van der Waals surface area (Å²) in [5, 5.41) is 11.2. The summed E-state index contributed by atoms with van der Waals surface area (Å²) in [5.74, 6) is 0. The molecule has 0 heterocycles. The minimum atomic E-state index is -1.04. The molecule has 27 heavy (non-hydrogen) atoms. The standard InChI is InChI=1S/C26H22O/c1-26(27,24-16-12-22(13-17-24)20-8-4-2-5-9-20)25-18-14-23(15-19-25)21-10-6-3-7-11-21/h2-19,27H,1H3. The summed E-state index contributed by atoms with van der Waals surface area (Å²) in [6.45, 7) is 1.85. The van der Waals surface area contributed by atoms with Crippen molar-refractivity contribution in [1.29, 1.82) is 0 Å². The minimum absolute atomic E-state index is 0.884. The van der Waals surface area contributed by atoms with Crippen LogP contribution in [-0.2, 0) is 5.60 Å². The van der Waals surface area contributed by atoms with Crippen molar-refractivity contribution in [2.45, 2.75) is 12.5 Å². The van der Waals surface area contributed by atoms with Gasteiger partial charge in [0, 0.05) is 0 Å². The molecule has 0 unspecified atom stereocenters. The topological polar surface area (TPSA) is 20.2 Å². The van der Waals surface area contributed by atoms with Gasteiger partial charge in [0.1, 0.15) is 5.60 Å². The van der Waals surface area contributed by atoms with Crippen LogP contribution in [0.15, 0.2) is 109 Å². The van der Waals surface area contributed by atoms with Gasteiger partial charge in [0.25, 0.3) is 0 Å². The lowest BCUT2D eigenvalue weighted by Gasteiger charge is -2.25. The van der Waals surface area contributed by atoms with Crippen LogP contribution in [0.1, 0.15) is 18.1 Å². The normalized spacial score (nSPS) is 11.3. The van der Waals surface area contributed by atoms with E-state index in [1.54, 1.807) is 0 Å². The third-order valence-electron chi connectivity index (χ3n) is 5.11. The van der Waals surface area contributed by atoms with Gasteiger partial charge in [0.15, 0.2) is 0 Å². The first-order chi connectivity index (χ1) is 13.1. The lowest BCUT2D eigenvalue weighted by Crippen LogP contribution is -2.22. The highest BCUT2D eigenvalue weighted by Crippen LogP contribution is 2.32. The van der Waals surface area contributed by atoms with E-state index in [-0.39, 0.29) is 0 Å². The van der Waals surface area contributed by atoms with Gasteiger partial charge in [-0.15, -0.1) is 0 Å². The molecule has 0 saturated heterocycles. The molecule has 0 radical (unpaired) electrons. The number of rotatable bonds is 4. The molecule has 4 aromatic carbocycles. The number of hydrogen-bond donors (Lipinski definition) is 1. The molecule has 1 nitrogen and oxygen atoms in total. The van der Waals surface area contributed by atoms with Gasteiger partial charge in [0.2, 0.25) is 0 Å². The van der Waals surface area contributed by atoms with Crippen LogP contribution in [0.2, 0.25) is 0 Å². The van der Waals surface area contributed by atoms with Crippen molar-refractivity contribution in [3.05, 3.63) is 120 Å². The van der Waals surface area contributed by atoms with E-state index >= 15 is 0 Å². The molecule has 4 aromatic rings. The van der Waals surface area contributed by atoms with Gasteiger partial charge in [-0.3, -0.25) is 0 Å². The Labute approximate surface area is 160 Å². The third kappa shape index (κ3) is 3.55. The molecular weight excluding hydrogens is 328 g/mol. The first-order valence-corrected chi connectivity index (χ1v) is 9.19. The highest BCUT2D eigenvalue weighted by Gasteiger charge is 2.25. The number of hydrogen-bond acceptors (Lipinski definition) is 1. The van der Waals surface area contributed by atoms with Crippen LogP contribution in [0.3, 0.4) is 0 Å². The van der Waals surface area contributed by atoms with E-state index in [4.69, 9.17) is 0 Å². The third-order valence-corrected chi connectivity index (χ3v) is 5.11. The van der Waals surface area contributed by atoms with Gasteiger partial charge in [0.05, 0.1) is 0 Å². The molecule has 0 amide bonds. The van der Waals surface area contributed by atoms with E-state index in [1.165, 1.54) is 11.1 Å². The summed E-state index contributed by atoms with van der Waals surface area (Å²) in [7, 11) is 0. The van der Waals surface area contributed by atoms with Crippen molar-refractivity contribution in [1.82, 2.24) is 0 Å². The lowest BCUT2D eigenvalue weighted by atomic mass is 9.86. The SMILES string of the molecule is CC(O)(c1ccc(-c2ccccc2)cc1)c1ccc(-c2ccccc2)cc1. The molecule has 0 aliphatic rings. The molecule has 0 aliphatic heterocycles. The van der Waals surface area contributed by atoms with Gasteiger partial charge in [-0.05, 0) is 40.3 Å². The summed E-state index contributed by atoms with van der Waals surface area (Å²) in [6.07, 6.45) is 0. The monoisotopic (exact) mass is 350 g/mol. The van der Waals surface area contributed by atoms with Crippen LogP contribution in [-0.4, -0.2) is 5.11 Å². The Bertz CT molecular complexity index is 914. The molecule has 0 atom stereocenters. The maximum Gasteiger partial charge on any atom is 0.112 e. The zero-order valence-corrected chi connectivity index (χ0v) is 15.3. The summed E-state index contributed by atoms with van der Waals surface area (Å²) >= 11 is 0. The van der Waals surface area contributed by atoms with E-state index < -0.39 is 5.60 Å². The highest BCUT2D eigenvalue weighted by molar-refractivity contribution is 5.65. The van der Waals surface area contributed by atoms with Crippen LogP contribution >= 0.6 is 0 Å². The molecule has 0 saturated carbocycles. The predicted molar refractivity (Wildman–Crippen MR) is 112 cm³/mol. The van der Waals surface area contributed by atoms with Crippen molar-refractivity contribution in [3.8, 4) is 22.3 Å². The molecule has 0 spiro atoms. The molecule has 0 aromatic heterocycles. The van der Waals surface area contributed by atoms with Crippen molar-refractivity contribution >= 4 is 0 Å². The van der Waals surface area contributed by atoms with Crippen molar-refractivity contribution in [3.63, 3.8) is 0 Å². The fraction of sp³-hybridized carbons (Fsp3) is 0.0769. The molecule has 0 aliphatic carbocycles. The number of benzene rings is 4. The smallest absolute Gasteiger partial charge is 0.112 e. The van der Waals surface area contributed by atoms with Gasteiger partial charge in [-0.25, -0.2) is 0 Å².